The molecular weight excluding hydrogens is 320 g/mol. The molecule has 0 aromatic heterocycles. The van der Waals surface area contributed by atoms with Gasteiger partial charge in [0, 0.05) is 25.6 Å². The van der Waals surface area contributed by atoms with Crippen LogP contribution in [0.15, 0.2) is 43.0 Å². The third-order valence-electron chi connectivity index (χ3n) is 4.60. The number of carbonyl (C=O) groups excluding carboxylic acids is 3. The minimum atomic E-state index is -0.401. The monoisotopic (exact) mass is 344 g/mol. The van der Waals surface area contributed by atoms with Crippen LogP contribution in [0.4, 0.5) is 0 Å². The molecule has 1 aliphatic rings. The number of likely N-dealkylation sites (tertiary alicyclic amines) is 1. The number of benzene rings is 1. The molecule has 25 heavy (non-hydrogen) atoms. The highest BCUT2D eigenvalue weighted by atomic mass is 16.5. The molecule has 2 rings (SSSR count). The standard InChI is InChI=1S/C19H24N2O4/c1-4-17(22)20(5-2)13-18(23)21-11-15(14-9-7-6-8-10-14)16(12-21)19(24)25-3/h4,6-10,15-16H,1,5,11-13H2,2-3H3/t15-,16-/m0/s1. The van der Waals surface area contributed by atoms with E-state index in [-0.39, 0.29) is 30.2 Å². The molecule has 2 amide bonds. The summed E-state index contributed by atoms with van der Waals surface area (Å²) in [5.41, 5.74) is 1.00. The van der Waals surface area contributed by atoms with Crippen LogP contribution in [0.5, 0.6) is 0 Å². The van der Waals surface area contributed by atoms with Gasteiger partial charge in [0.2, 0.25) is 11.8 Å². The molecule has 1 aliphatic heterocycles. The lowest BCUT2D eigenvalue weighted by Crippen LogP contribution is -2.41. The third-order valence-corrected chi connectivity index (χ3v) is 4.60. The number of likely N-dealkylation sites (N-methyl/N-ethyl adjacent to an activating group) is 1. The number of carbonyl (C=O) groups is 3. The summed E-state index contributed by atoms with van der Waals surface area (Å²) in [5.74, 6) is -1.29. The number of methoxy groups -OCH3 is 1. The van der Waals surface area contributed by atoms with Gasteiger partial charge >= 0.3 is 5.97 Å². The predicted molar refractivity (Wildman–Crippen MR) is 93.7 cm³/mol. The Morgan fingerprint density at radius 2 is 1.96 bits per heavy atom. The maximum Gasteiger partial charge on any atom is 0.311 e. The van der Waals surface area contributed by atoms with Crippen molar-refractivity contribution >= 4 is 17.8 Å². The molecule has 0 spiro atoms. The third kappa shape index (κ3) is 4.26. The second kappa shape index (κ2) is 8.46. The molecule has 134 valence electrons. The van der Waals surface area contributed by atoms with Crippen molar-refractivity contribution in [2.45, 2.75) is 12.8 Å². The van der Waals surface area contributed by atoms with Crippen molar-refractivity contribution in [3.8, 4) is 0 Å². The molecule has 1 aromatic rings. The molecule has 0 aliphatic carbocycles. The Kier molecular flexibility index (Phi) is 6.33. The first-order chi connectivity index (χ1) is 12.0. The molecule has 0 bridgehead atoms. The highest BCUT2D eigenvalue weighted by Gasteiger charge is 2.41. The zero-order valence-corrected chi connectivity index (χ0v) is 14.7. The number of nitrogens with zero attached hydrogens (tertiary/aromatic N) is 2. The van der Waals surface area contributed by atoms with Crippen LogP contribution in [0.3, 0.4) is 0 Å². The van der Waals surface area contributed by atoms with Crippen molar-refractivity contribution in [3.05, 3.63) is 48.6 Å². The molecule has 1 heterocycles. The van der Waals surface area contributed by atoms with E-state index in [9.17, 15) is 14.4 Å². The van der Waals surface area contributed by atoms with Crippen molar-refractivity contribution < 1.29 is 19.1 Å². The zero-order valence-electron chi connectivity index (χ0n) is 14.7. The maximum atomic E-state index is 12.6. The van der Waals surface area contributed by atoms with Gasteiger partial charge in [0.05, 0.1) is 19.6 Å². The lowest BCUT2D eigenvalue weighted by Gasteiger charge is -2.23. The van der Waals surface area contributed by atoms with E-state index in [0.717, 1.165) is 5.56 Å². The summed E-state index contributed by atoms with van der Waals surface area (Å²) < 4.78 is 4.92. The van der Waals surface area contributed by atoms with Gasteiger partial charge < -0.3 is 14.5 Å². The number of hydrogen-bond acceptors (Lipinski definition) is 4. The summed E-state index contributed by atoms with van der Waals surface area (Å²) in [5, 5.41) is 0. The second-order valence-corrected chi connectivity index (χ2v) is 6.00. The van der Waals surface area contributed by atoms with Crippen LogP contribution < -0.4 is 0 Å². The van der Waals surface area contributed by atoms with Crippen molar-refractivity contribution in [1.29, 1.82) is 0 Å². The summed E-state index contributed by atoms with van der Waals surface area (Å²) in [6.07, 6.45) is 1.20. The van der Waals surface area contributed by atoms with Gasteiger partial charge in [0.25, 0.3) is 0 Å². The van der Waals surface area contributed by atoms with Crippen LogP contribution in [0.25, 0.3) is 0 Å². The summed E-state index contributed by atoms with van der Waals surface area (Å²) in [4.78, 5) is 39.6. The molecule has 0 N–H and O–H groups in total. The Hall–Kier alpha value is -2.63. The summed E-state index contributed by atoms with van der Waals surface area (Å²) in [7, 11) is 1.36. The average molecular weight is 344 g/mol. The second-order valence-electron chi connectivity index (χ2n) is 6.00. The van der Waals surface area contributed by atoms with Crippen LogP contribution >= 0.6 is 0 Å². The summed E-state index contributed by atoms with van der Waals surface area (Å²) in [6.45, 7) is 6.40. The van der Waals surface area contributed by atoms with E-state index in [0.29, 0.717) is 19.6 Å². The van der Waals surface area contributed by atoms with Crippen LogP contribution in [0.2, 0.25) is 0 Å². The minimum absolute atomic E-state index is 0.0171. The van der Waals surface area contributed by atoms with Gasteiger partial charge in [-0.25, -0.2) is 0 Å². The van der Waals surface area contributed by atoms with Crippen LogP contribution in [-0.2, 0) is 19.1 Å². The lowest BCUT2D eigenvalue weighted by molar-refractivity contribution is -0.145. The predicted octanol–water partition coefficient (Wildman–Crippen LogP) is 1.44. The highest BCUT2D eigenvalue weighted by Crippen LogP contribution is 2.33. The maximum absolute atomic E-state index is 12.6. The van der Waals surface area contributed by atoms with Gasteiger partial charge in [-0.15, -0.1) is 0 Å². The minimum Gasteiger partial charge on any atom is -0.469 e. The molecule has 2 atom stereocenters. The molecule has 0 saturated carbocycles. The van der Waals surface area contributed by atoms with Gasteiger partial charge in [0.15, 0.2) is 0 Å². The van der Waals surface area contributed by atoms with Gasteiger partial charge in [-0.1, -0.05) is 36.9 Å². The molecule has 0 radical (unpaired) electrons. The average Bonchev–Trinajstić information content (AvgIpc) is 3.10. The van der Waals surface area contributed by atoms with E-state index in [2.05, 4.69) is 6.58 Å². The van der Waals surface area contributed by atoms with Gasteiger partial charge in [-0.2, -0.15) is 0 Å². The Morgan fingerprint density at radius 1 is 1.28 bits per heavy atom. The largest absolute Gasteiger partial charge is 0.469 e. The molecular formula is C19H24N2O4. The topological polar surface area (TPSA) is 66.9 Å². The summed E-state index contributed by atoms with van der Waals surface area (Å²) in [6, 6.07) is 9.64. The SMILES string of the molecule is C=CC(=O)N(CC)CC(=O)N1C[C@H](C(=O)OC)[C@H](c2ccccc2)C1. The van der Waals surface area contributed by atoms with Gasteiger partial charge in [-0.3, -0.25) is 14.4 Å². The van der Waals surface area contributed by atoms with E-state index >= 15 is 0 Å². The Labute approximate surface area is 148 Å². The molecule has 0 unspecified atom stereocenters. The molecule has 1 fully saturated rings. The van der Waals surface area contributed by atoms with Crippen molar-refractivity contribution in [3.63, 3.8) is 0 Å². The van der Waals surface area contributed by atoms with Crippen molar-refractivity contribution in [1.82, 2.24) is 9.80 Å². The number of rotatable bonds is 6. The highest BCUT2D eigenvalue weighted by molar-refractivity contribution is 5.91. The van der Waals surface area contributed by atoms with Crippen LogP contribution in [-0.4, -0.2) is 60.9 Å². The summed E-state index contributed by atoms with van der Waals surface area (Å²) >= 11 is 0. The molecule has 6 heteroatoms. The molecule has 6 nitrogen and oxygen atoms in total. The van der Waals surface area contributed by atoms with Crippen LogP contribution in [0.1, 0.15) is 18.4 Å². The normalized spacial score (nSPS) is 19.4. The fourth-order valence-electron chi connectivity index (χ4n) is 3.17. The van der Waals surface area contributed by atoms with E-state index in [4.69, 9.17) is 4.74 Å². The fourth-order valence-corrected chi connectivity index (χ4v) is 3.17. The smallest absolute Gasteiger partial charge is 0.311 e. The lowest BCUT2D eigenvalue weighted by atomic mass is 9.89. The number of ether oxygens (including phenoxy) is 1. The Morgan fingerprint density at radius 3 is 2.52 bits per heavy atom. The Bertz CT molecular complexity index is 644. The van der Waals surface area contributed by atoms with E-state index in [1.807, 2.05) is 37.3 Å². The quantitative estimate of drug-likeness (QED) is 0.578. The number of amides is 2. The molecule has 1 saturated heterocycles. The van der Waals surface area contributed by atoms with Gasteiger partial charge in [0.1, 0.15) is 0 Å². The fraction of sp³-hybridized carbons (Fsp3) is 0.421. The zero-order chi connectivity index (χ0) is 18.4. The van der Waals surface area contributed by atoms with E-state index in [1.54, 1.807) is 4.90 Å². The first-order valence-corrected chi connectivity index (χ1v) is 8.33. The van der Waals surface area contributed by atoms with Gasteiger partial charge in [-0.05, 0) is 18.6 Å². The van der Waals surface area contributed by atoms with E-state index in [1.165, 1.54) is 18.1 Å². The number of esters is 1. The molecule has 1 aromatic carbocycles. The first kappa shape index (κ1) is 18.7. The van der Waals surface area contributed by atoms with Crippen molar-refractivity contribution in [2.75, 3.05) is 33.3 Å². The van der Waals surface area contributed by atoms with Crippen LogP contribution in [0, 0.1) is 5.92 Å². The van der Waals surface area contributed by atoms with E-state index < -0.39 is 5.92 Å². The Balaban J connectivity index is 2.15. The number of hydrogen-bond donors (Lipinski definition) is 0. The van der Waals surface area contributed by atoms with Crippen molar-refractivity contribution in [2.24, 2.45) is 5.92 Å². The first-order valence-electron chi connectivity index (χ1n) is 8.33.